The zero-order chi connectivity index (χ0) is 8.69. The van der Waals surface area contributed by atoms with Gasteiger partial charge in [0.15, 0.2) is 0 Å². The second-order valence-corrected chi connectivity index (χ2v) is 3.64. The van der Waals surface area contributed by atoms with Crippen molar-refractivity contribution in [2.24, 2.45) is 11.7 Å². The van der Waals surface area contributed by atoms with Crippen LogP contribution in [0.4, 0.5) is 0 Å². The first-order valence-corrected chi connectivity index (χ1v) is 4.96. The van der Waals surface area contributed by atoms with E-state index in [0.29, 0.717) is 6.04 Å². The topological polar surface area (TPSA) is 26.0 Å². The molecule has 0 heterocycles. The van der Waals surface area contributed by atoms with E-state index < -0.39 is 0 Å². The highest BCUT2D eigenvalue weighted by Crippen LogP contribution is 2.13. The molecule has 0 fully saturated rings. The molecule has 0 saturated carbocycles. The fourth-order valence-corrected chi connectivity index (χ4v) is 1.34. The second kappa shape index (κ2) is 6.66. The molecule has 2 N–H and O–H groups in total. The number of nitrogens with two attached hydrogens (primary N) is 1. The Morgan fingerprint density at radius 2 is 1.73 bits per heavy atom. The van der Waals surface area contributed by atoms with E-state index in [1.54, 1.807) is 0 Å². The Labute approximate surface area is 71.4 Å². The molecule has 0 saturated heterocycles. The van der Waals surface area contributed by atoms with E-state index in [4.69, 9.17) is 5.73 Å². The first-order valence-electron chi connectivity index (χ1n) is 4.96. The van der Waals surface area contributed by atoms with Gasteiger partial charge in [0.1, 0.15) is 0 Å². The van der Waals surface area contributed by atoms with Gasteiger partial charge in [-0.15, -0.1) is 0 Å². The quantitative estimate of drug-likeness (QED) is 0.630. The zero-order valence-electron chi connectivity index (χ0n) is 8.27. The first kappa shape index (κ1) is 11.0. The Morgan fingerprint density at radius 1 is 1.09 bits per heavy atom. The summed E-state index contributed by atoms with van der Waals surface area (Å²) in [4.78, 5) is 0. The van der Waals surface area contributed by atoms with Gasteiger partial charge in [-0.2, -0.15) is 0 Å². The van der Waals surface area contributed by atoms with Gasteiger partial charge < -0.3 is 5.73 Å². The molecule has 11 heavy (non-hydrogen) atoms. The van der Waals surface area contributed by atoms with Crippen LogP contribution in [-0.4, -0.2) is 6.04 Å². The minimum absolute atomic E-state index is 0.439. The third-order valence-electron chi connectivity index (χ3n) is 2.34. The zero-order valence-corrected chi connectivity index (χ0v) is 8.27. The lowest BCUT2D eigenvalue weighted by molar-refractivity contribution is 0.435. The third kappa shape index (κ3) is 6.36. The molecule has 1 heteroatoms. The Hall–Kier alpha value is -0.0400. The van der Waals surface area contributed by atoms with Crippen LogP contribution in [0.3, 0.4) is 0 Å². The van der Waals surface area contributed by atoms with E-state index in [1.165, 1.54) is 25.7 Å². The average molecular weight is 157 g/mol. The summed E-state index contributed by atoms with van der Waals surface area (Å²) in [5, 5.41) is 0. The van der Waals surface area contributed by atoms with E-state index in [-0.39, 0.29) is 0 Å². The highest BCUT2D eigenvalue weighted by molar-refractivity contribution is 4.61. The van der Waals surface area contributed by atoms with Crippen molar-refractivity contribution >= 4 is 0 Å². The molecule has 0 aromatic heterocycles. The van der Waals surface area contributed by atoms with E-state index in [0.717, 1.165) is 12.3 Å². The molecule has 0 rings (SSSR count). The van der Waals surface area contributed by atoms with Crippen LogP contribution < -0.4 is 5.73 Å². The number of rotatable bonds is 6. The lowest BCUT2D eigenvalue weighted by Gasteiger charge is -2.12. The van der Waals surface area contributed by atoms with Gasteiger partial charge in [0.05, 0.1) is 0 Å². The number of hydrogen-bond acceptors (Lipinski definition) is 1. The summed E-state index contributed by atoms with van der Waals surface area (Å²) < 4.78 is 0. The van der Waals surface area contributed by atoms with Crippen molar-refractivity contribution < 1.29 is 0 Å². The molecule has 0 bridgehead atoms. The van der Waals surface area contributed by atoms with Crippen LogP contribution in [0, 0.1) is 5.92 Å². The fourth-order valence-electron chi connectivity index (χ4n) is 1.34. The van der Waals surface area contributed by atoms with E-state index in [9.17, 15) is 0 Å². The van der Waals surface area contributed by atoms with Crippen molar-refractivity contribution in [1.82, 2.24) is 0 Å². The van der Waals surface area contributed by atoms with Gasteiger partial charge in [-0.05, 0) is 25.2 Å². The molecular weight excluding hydrogens is 134 g/mol. The van der Waals surface area contributed by atoms with Crippen LogP contribution in [0.25, 0.3) is 0 Å². The van der Waals surface area contributed by atoms with E-state index >= 15 is 0 Å². The van der Waals surface area contributed by atoms with Crippen LogP contribution in [0.5, 0.6) is 0 Å². The SMILES string of the molecule is CCCC(C)CCC(N)CC. The smallest absolute Gasteiger partial charge is 0.00363 e. The predicted octanol–water partition coefficient (Wildman–Crippen LogP) is 2.94. The molecule has 0 aromatic carbocycles. The summed E-state index contributed by atoms with van der Waals surface area (Å²) in [7, 11) is 0. The molecule has 0 aliphatic rings. The molecule has 2 atom stereocenters. The highest BCUT2D eigenvalue weighted by Gasteiger charge is 2.03. The Kier molecular flexibility index (Phi) is 6.63. The van der Waals surface area contributed by atoms with Crippen molar-refractivity contribution in [1.29, 1.82) is 0 Å². The van der Waals surface area contributed by atoms with Crippen LogP contribution in [0.1, 0.15) is 52.9 Å². The molecule has 0 aliphatic carbocycles. The number of hydrogen-bond donors (Lipinski definition) is 1. The molecule has 0 spiro atoms. The van der Waals surface area contributed by atoms with Crippen molar-refractivity contribution in [2.45, 2.75) is 58.9 Å². The van der Waals surface area contributed by atoms with Gasteiger partial charge in [-0.25, -0.2) is 0 Å². The summed E-state index contributed by atoms with van der Waals surface area (Å²) in [6.07, 6.45) is 6.30. The summed E-state index contributed by atoms with van der Waals surface area (Å²) in [6.45, 7) is 6.73. The van der Waals surface area contributed by atoms with Gasteiger partial charge in [-0.1, -0.05) is 33.6 Å². The van der Waals surface area contributed by atoms with Crippen LogP contribution >= 0.6 is 0 Å². The molecular formula is C10H23N. The molecule has 0 radical (unpaired) electrons. The fraction of sp³-hybridized carbons (Fsp3) is 1.00. The van der Waals surface area contributed by atoms with Crippen molar-refractivity contribution in [3.8, 4) is 0 Å². The van der Waals surface area contributed by atoms with E-state index in [1.807, 2.05) is 0 Å². The van der Waals surface area contributed by atoms with Crippen LogP contribution in [-0.2, 0) is 0 Å². The maximum atomic E-state index is 5.82. The minimum Gasteiger partial charge on any atom is -0.328 e. The third-order valence-corrected chi connectivity index (χ3v) is 2.34. The van der Waals surface area contributed by atoms with E-state index in [2.05, 4.69) is 20.8 Å². The van der Waals surface area contributed by atoms with Gasteiger partial charge in [0.25, 0.3) is 0 Å². The normalized spacial score (nSPS) is 16.4. The maximum absolute atomic E-state index is 5.82. The van der Waals surface area contributed by atoms with Crippen molar-refractivity contribution in [2.75, 3.05) is 0 Å². The molecule has 0 amide bonds. The van der Waals surface area contributed by atoms with Crippen LogP contribution in [0.2, 0.25) is 0 Å². The summed E-state index contributed by atoms with van der Waals surface area (Å²) >= 11 is 0. The van der Waals surface area contributed by atoms with Crippen molar-refractivity contribution in [3.05, 3.63) is 0 Å². The van der Waals surface area contributed by atoms with Gasteiger partial charge in [0.2, 0.25) is 0 Å². The Bertz CT molecular complexity index is 80.9. The Morgan fingerprint density at radius 3 is 2.18 bits per heavy atom. The largest absolute Gasteiger partial charge is 0.328 e. The van der Waals surface area contributed by atoms with Crippen LogP contribution in [0.15, 0.2) is 0 Å². The lowest BCUT2D eigenvalue weighted by atomic mass is 9.97. The summed E-state index contributed by atoms with van der Waals surface area (Å²) in [5.74, 6) is 0.873. The standard InChI is InChI=1S/C10H23N/c1-4-6-9(3)7-8-10(11)5-2/h9-10H,4-8,11H2,1-3H3. The lowest BCUT2D eigenvalue weighted by Crippen LogP contribution is -2.19. The first-order chi connectivity index (χ1) is 5.20. The maximum Gasteiger partial charge on any atom is 0.00363 e. The highest BCUT2D eigenvalue weighted by atomic mass is 14.6. The molecule has 2 unspecified atom stereocenters. The summed E-state index contributed by atoms with van der Waals surface area (Å²) in [5.41, 5.74) is 5.82. The monoisotopic (exact) mass is 157 g/mol. The minimum atomic E-state index is 0.439. The molecule has 0 aromatic rings. The predicted molar refractivity (Wildman–Crippen MR) is 51.6 cm³/mol. The van der Waals surface area contributed by atoms with Crippen molar-refractivity contribution in [3.63, 3.8) is 0 Å². The van der Waals surface area contributed by atoms with Gasteiger partial charge in [-0.3, -0.25) is 0 Å². The molecule has 0 aliphatic heterocycles. The van der Waals surface area contributed by atoms with Gasteiger partial charge >= 0.3 is 0 Å². The van der Waals surface area contributed by atoms with Gasteiger partial charge in [0, 0.05) is 6.04 Å². The Balaban J connectivity index is 3.22. The molecule has 68 valence electrons. The summed E-state index contributed by atoms with van der Waals surface area (Å²) in [6, 6.07) is 0.439. The second-order valence-electron chi connectivity index (χ2n) is 3.64. The molecule has 1 nitrogen and oxygen atoms in total. The average Bonchev–Trinajstić information content (AvgIpc) is 2.01.